The number of hydrogen-bond donors (Lipinski definition) is 1. The molecular formula is C17H30N2O. The first kappa shape index (κ1) is 15.8. The maximum atomic E-state index is 11.1. The average molecular weight is 278 g/mol. The van der Waals surface area contributed by atoms with E-state index in [2.05, 4.69) is 35.5 Å². The maximum Gasteiger partial charge on any atom is 0.131 e. The number of likely N-dealkylation sites (tertiary alicyclic amines) is 1. The molecule has 0 bridgehead atoms. The molecule has 3 atom stereocenters. The van der Waals surface area contributed by atoms with Crippen molar-refractivity contribution in [2.45, 2.75) is 63.6 Å². The fraction of sp³-hybridized carbons (Fsp3) is 0.882. The molecule has 2 aliphatic rings. The third-order valence-electron chi connectivity index (χ3n) is 4.88. The molecule has 1 saturated heterocycles. The zero-order valence-corrected chi connectivity index (χ0v) is 13.5. The van der Waals surface area contributed by atoms with E-state index in [0.717, 1.165) is 25.9 Å². The molecule has 1 aliphatic carbocycles. The van der Waals surface area contributed by atoms with Crippen LogP contribution in [0.5, 0.6) is 0 Å². The Balaban J connectivity index is 2.16. The van der Waals surface area contributed by atoms with Crippen LogP contribution >= 0.6 is 0 Å². The van der Waals surface area contributed by atoms with Crippen LogP contribution in [0.2, 0.25) is 0 Å². The van der Waals surface area contributed by atoms with Crippen LogP contribution in [-0.4, -0.2) is 59.8 Å². The van der Waals surface area contributed by atoms with Crippen molar-refractivity contribution in [1.82, 2.24) is 9.80 Å². The summed E-state index contributed by atoms with van der Waals surface area (Å²) in [5.41, 5.74) is -0.757. The zero-order valence-electron chi connectivity index (χ0n) is 13.5. The van der Waals surface area contributed by atoms with Gasteiger partial charge in [-0.2, -0.15) is 0 Å². The Hall–Kier alpha value is -0.560. The quantitative estimate of drug-likeness (QED) is 0.782. The summed E-state index contributed by atoms with van der Waals surface area (Å²) in [6.07, 6.45) is 5.69. The molecule has 0 aromatic heterocycles. The molecule has 0 unspecified atom stereocenters. The maximum absolute atomic E-state index is 11.1. The summed E-state index contributed by atoms with van der Waals surface area (Å²) < 4.78 is 0. The second kappa shape index (κ2) is 6.47. The lowest BCUT2D eigenvalue weighted by atomic mass is 9.69. The van der Waals surface area contributed by atoms with Crippen LogP contribution < -0.4 is 0 Å². The van der Waals surface area contributed by atoms with E-state index in [4.69, 9.17) is 0 Å². The number of piperidine rings is 1. The smallest absolute Gasteiger partial charge is 0.131 e. The molecule has 2 fully saturated rings. The van der Waals surface area contributed by atoms with Crippen molar-refractivity contribution < 1.29 is 5.11 Å². The summed E-state index contributed by atoms with van der Waals surface area (Å²) in [5, 5.41) is 11.1. The van der Waals surface area contributed by atoms with Crippen LogP contribution in [0.15, 0.2) is 0 Å². The summed E-state index contributed by atoms with van der Waals surface area (Å²) >= 11 is 0. The fourth-order valence-electron chi connectivity index (χ4n) is 3.86. The molecule has 0 amide bonds. The molecular weight excluding hydrogens is 248 g/mol. The van der Waals surface area contributed by atoms with E-state index in [1.165, 1.54) is 19.3 Å². The minimum Gasteiger partial charge on any atom is -0.377 e. The zero-order chi connectivity index (χ0) is 14.8. The van der Waals surface area contributed by atoms with Gasteiger partial charge in [0.2, 0.25) is 0 Å². The molecule has 3 heteroatoms. The third-order valence-corrected chi connectivity index (χ3v) is 4.88. The van der Waals surface area contributed by atoms with Gasteiger partial charge in [-0.3, -0.25) is 9.80 Å². The average Bonchev–Trinajstić information content (AvgIpc) is 2.38. The normalized spacial score (nSPS) is 34.8. The number of aliphatic hydroxyl groups is 1. The Bertz CT molecular complexity index is 382. The van der Waals surface area contributed by atoms with Crippen molar-refractivity contribution in [2.24, 2.45) is 5.92 Å². The van der Waals surface area contributed by atoms with Crippen molar-refractivity contribution in [1.29, 1.82) is 0 Å². The first-order valence-electron chi connectivity index (χ1n) is 8.07. The molecule has 20 heavy (non-hydrogen) atoms. The van der Waals surface area contributed by atoms with Crippen molar-refractivity contribution in [3.8, 4) is 11.8 Å². The van der Waals surface area contributed by atoms with E-state index >= 15 is 0 Å². The Kier molecular flexibility index (Phi) is 5.12. The standard InChI is InChI=1S/C17H30N2O/c1-14(2)19-13-11-17(20,10-7-12-18(3)4)15-8-5-6-9-16(15)19/h14-16,20H,5-6,8-9,11-13H2,1-4H3/t15-,16-,17-/m0/s1. The van der Waals surface area contributed by atoms with Crippen LogP contribution in [0.3, 0.4) is 0 Å². The lowest BCUT2D eigenvalue weighted by Gasteiger charge is -2.52. The van der Waals surface area contributed by atoms with Crippen LogP contribution in [0.1, 0.15) is 46.0 Å². The van der Waals surface area contributed by atoms with Gasteiger partial charge in [0, 0.05) is 31.0 Å². The monoisotopic (exact) mass is 278 g/mol. The Morgan fingerprint density at radius 1 is 1.30 bits per heavy atom. The molecule has 1 saturated carbocycles. The Morgan fingerprint density at radius 3 is 2.65 bits per heavy atom. The predicted molar refractivity (Wildman–Crippen MR) is 83.5 cm³/mol. The number of rotatable bonds is 2. The molecule has 1 heterocycles. The molecule has 0 aromatic carbocycles. The highest BCUT2D eigenvalue weighted by atomic mass is 16.3. The first-order valence-corrected chi connectivity index (χ1v) is 8.07. The van der Waals surface area contributed by atoms with Crippen molar-refractivity contribution in [2.75, 3.05) is 27.2 Å². The fourth-order valence-corrected chi connectivity index (χ4v) is 3.86. The van der Waals surface area contributed by atoms with E-state index < -0.39 is 5.60 Å². The molecule has 3 nitrogen and oxygen atoms in total. The number of nitrogens with zero attached hydrogens (tertiary/aromatic N) is 2. The topological polar surface area (TPSA) is 26.7 Å². The third kappa shape index (κ3) is 3.36. The highest BCUT2D eigenvalue weighted by Gasteiger charge is 2.47. The highest BCUT2D eigenvalue weighted by molar-refractivity contribution is 5.20. The molecule has 114 valence electrons. The van der Waals surface area contributed by atoms with E-state index in [1.54, 1.807) is 0 Å². The predicted octanol–water partition coefficient (Wildman–Crippen LogP) is 1.96. The van der Waals surface area contributed by atoms with Gasteiger partial charge >= 0.3 is 0 Å². The van der Waals surface area contributed by atoms with Crippen LogP contribution in [0, 0.1) is 17.8 Å². The Morgan fingerprint density at radius 2 is 2.00 bits per heavy atom. The lowest BCUT2D eigenvalue weighted by molar-refractivity contribution is -0.0871. The summed E-state index contributed by atoms with van der Waals surface area (Å²) in [5.74, 6) is 6.74. The van der Waals surface area contributed by atoms with Gasteiger partial charge in [0.1, 0.15) is 5.60 Å². The molecule has 1 aliphatic heterocycles. The van der Waals surface area contributed by atoms with Gasteiger partial charge in [0.25, 0.3) is 0 Å². The van der Waals surface area contributed by atoms with Gasteiger partial charge in [0.05, 0.1) is 6.54 Å². The molecule has 0 spiro atoms. The number of fused-ring (bicyclic) bond motifs is 1. The number of hydrogen-bond acceptors (Lipinski definition) is 3. The Labute approximate surface area is 124 Å². The van der Waals surface area contributed by atoms with Gasteiger partial charge in [-0.05, 0) is 40.8 Å². The van der Waals surface area contributed by atoms with Crippen LogP contribution in [-0.2, 0) is 0 Å². The van der Waals surface area contributed by atoms with E-state index in [9.17, 15) is 5.11 Å². The minimum atomic E-state index is -0.757. The summed E-state index contributed by atoms with van der Waals surface area (Å²) in [6.45, 7) is 6.25. The van der Waals surface area contributed by atoms with E-state index in [0.29, 0.717) is 18.0 Å². The van der Waals surface area contributed by atoms with Crippen LogP contribution in [0.25, 0.3) is 0 Å². The van der Waals surface area contributed by atoms with Gasteiger partial charge in [-0.15, -0.1) is 0 Å². The van der Waals surface area contributed by atoms with E-state index in [-0.39, 0.29) is 0 Å². The molecule has 2 rings (SSSR count). The van der Waals surface area contributed by atoms with Crippen molar-refractivity contribution in [3.05, 3.63) is 0 Å². The summed E-state index contributed by atoms with van der Waals surface area (Å²) in [4.78, 5) is 4.64. The highest BCUT2D eigenvalue weighted by Crippen LogP contribution is 2.41. The van der Waals surface area contributed by atoms with Crippen molar-refractivity contribution in [3.63, 3.8) is 0 Å². The van der Waals surface area contributed by atoms with Crippen LogP contribution in [0.4, 0.5) is 0 Å². The molecule has 0 aromatic rings. The second-order valence-electron chi connectivity index (χ2n) is 7.00. The first-order chi connectivity index (χ1) is 9.44. The summed E-state index contributed by atoms with van der Waals surface area (Å²) in [7, 11) is 4.03. The minimum absolute atomic E-state index is 0.335. The molecule has 1 N–H and O–H groups in total. The summed E-state index contributed by atoms with van der Waals surface area (Å²) in [6, 6.07) is 1.09. The SMILES string of the molecule is CC(C)N1CC[C@@](O)(C#CCN(C)C)[C@H]2CCCC[C@@H]21. The van der Waals surface area contributed by atoms with Gasteiger partial charge < -0.3 is 5.11 Å². The van der Waals surface area contributed by atoms with Gasteiger partial charge in [0.15, 0.2) is 0 Å². The largest absolute Gasteiger partial charge is 0.377 e. The molecule has 0 radical (unpaired) electrons. The second-order valence-corrected chi connectivity index (χ2v) is 7.00. The van der Waals surface area contributed by atoms with Gasteiger partial charge in [-0.25, -0.2) is 0 Å². The lowest BCUT2D eigenvalue weighted by Crippen LogP contribution is -2.60. The van der Waals surface area contributed by atoms with Gasteiger partial charge in [-0.1, -0.05) is 24.7 Å². The van der Waals surface area contributed by atoms with Crippen molar-refractivity contribution >= 4 is 0 Å². The van der Waals surface area contributed by atoms with E-state index in [1.807, 2.05) is 14.1 Å².